The van der Waals surface area contributed by atoms with Crippen LogP contribution in [0.15, 0.2) is 98.6 Å². The van der Waals surface area contributed by atoms with Crippen LogP contribution in [0.1, 0.15) is 83.2 Å². The first kappa shape index (κ1) is 45.9. The molecule has 0 saturated carbocycles. The summed E-state index contributed by atoms with van der Waals surface area (Å²) in [6.45, 7) is 16.9. The fraction of sp³-hybridized carbons (Fsp3) is 0.432. The van der Waals surface area contributed by atoms with E-state index in [0.717, 1.165) is 83.8 Å². The van der Waals surface area contributed by atoms with E-state index in [0.29, 0.717) is 28.7 Å². The summed E-state index contributed by atoms with van der Waals surface area (Å²) in [6.07, 6.45) is 6.30. The van der Waals surface area contributed by atoms with Crippen molar-refractivity contribution in [3.05, 3.63) is 117 Å². The van der Waals surface area contributed by atoms with Gasteiger partial charge in [-0.15, -0.1) is 11.8 Å². The van der Waals surface area contributed by atoms with E-state index in [2.05, 4.69) is 73.2 Å². The summed E-state index contributed by atoms with van der Waals surface area (Å²) in [4.78, 5) is 25.2. The molecule has 7 N–H and O–H groups in total. The lowest BCUT2D eigenvalue weighted by Crippen LogP contribution is -2.45. The summed E-state index contributed by atoms with van der Waals surface area (Å²) in [6, 6.07) is 23.1. The Balaban J connectivity index is 0.000000224. The molecule has 1 fully saturated rings. The van der Waals surface area contributed by atoms with Gasteiger partial charge >= 0.3 is 5.69 Å². The molecule has 12 nitrogen and oxygen atoms in total. The lowest BCUT2D eigenvalue weighted by atomic mass is 9.87. The second kappa shape index (κ2) is 19.9. The Labute approximate surface area is 358 Å². The lowest BCUT2D eigenvalue weighted by Gasteiger charge is -2.34. The van der Waals surface area contributed by atoms with E-state index in [1.807, 2.05) is 67.0 Å². The van der Waals surface area contributed by atoms with Gasteiger partial charge in [-0.2, -0.15) is 9.29 Å². The Morgan fingerprint density at radius 2 is 1.63 bits per heavy atom. The second-order valence-electron chi connectivity index (χ2n) is 16.9. The standard InChI is InChI=1S/C23H31ClN2O2S2.C21H29N7O/c1-23(2,3)18-6-8-20(9-7-18)30(27,28)26(19-11-13-25-14-12-19)16-17-5-10-21(24)22(15-17)29-4;1-21(2,3)17-11-15-13-28(20(29)27-18(15)26-17)16-7-5-14(6-8-16)12-24-9-4-10-25-19(22)23/h5-10,15,19,25H,11-14,16H2,1-4H3;5-8,11,13,24H,4,9-10,12H2,1-3H3,(H4,22,23,25)(H,26,27,29). The summed E-state index contributed by atoms with van der Waals surface area (Å²) in [7, 11) is -3.63. The molecule has 0 unspecified atom stereocenters. The average molecular weight is 863 g/mol. The molecule has 5 aromatic rings. The van der Waals surface area contributed by atoms with Gasteiger partial charge in [0.25, 0.3) is 0 Å². The highest BCUT2D eigenvalue weighted by molar-refractivity contribution is 7.98. The summed E-state index contributed by atoms with van der Waals surface area (Å²) in [5.74, 6) is 0.123. The van der Waals surface area contributed by atoms with Crippen molar-refractivity contribution in [2.24, 2.45) is 16.5 Å². The van der Waals surface area contributed by atoms with E-state index in [-0.39, 0.29) is 28.5 Å². The number of nitrogens with one attached hydrogen (secondary N) is 3. The normalized spacial score (nSPS) is 14.0. The molecule has 1 aliphatic heterocycles. The number of halogens is 1. The largest absolute Gasteiger partial charge is 0.370 e. The molecule has 1 saturated heterocycles. The number of fused-ring (bicyclic) bond motifs is 1. The van der Waals surface area contributed by atoms with E-state index in [1.165, 1.54) is 0 Å². The highest BCUT2D eigenvalue weighted by Crippen LogP contribution is 2.31. The molecule has 0 atom stereocenters. The average Bonchev–Trinajstić information content (AvgIpc) is 3.63. The van der Waals surface area contributed by atoms with Gasteiger partial charge in [-0.1, -0.05) is 83.5 Å². The maximum atomic E-state index is 13.7. The topological polar surface area (TPSA) is 177 Å². The third kappa shape index (κ3) is 12.4. The maximum Gasteiger partial charge on any atom is 0.354 e. The van der Waals surface area contributed by atoms with E-state index >= 15 is 0 Å². The van der Waals surface area contributed by atoms with Gasteiger partial charge in [0.15, 0.2) is 5.96 Å². The van der Waals surface area contributed by atoms with Crippen LogP contribution in [0.5, 0.6) is 0 Å². The van der Waals surface area contributed by atoms with Crippen LogP contribution in [0.2, 0.25) is 5.02 Å². The summed E-state index contributed by atoms with van der Waals surface area (Å²) in [5, 5.41) is 8.30. The molecule has 0 amide bonds. The van der Waals surface area contributed by atoms with Crippen molar-refractivity contribution < 1.29 is 8.42 Å². The lowest BCUT2D eigenvalue weighted by molar-refractivity contribution is 0.256. The van der Waals surface area contributed by atoms with E-state index < -0.39 is 10.0 Å². The Morgan fingerprint density at radius 3 is 2.24 bits per heavy atom. The number of H-pyrrole nitrogens is 1. The van der Waals surface area contributed by atoms with Gasteiger partial charge < -0.3 is 27.1 Å². The molecule has 3 aromatic carbocycles. The summed E-state index contributed by atoms with van der Waals surface area (Å²) >= 11 is 7.83. The molecule has 1 aliphatic rings. The smallest absolute Gasteiger partial charge is 0.354 e. The Hall–Kier alpha value is -4.18. The minimum Gasteiger partial charge on any atom is -0.370 e. The number of hydrogen-bond donors (Lipinski definition) is 5. The molecular weight excluding hydrogens is 802 g/mol. The number of aromatic nitrogens is 3. The predicted molar refractivity (Wildman–Crippen MR) is 244 cm³/mol. The summed E-state index contributed by atoms with van der Waals surface area (Å²) in [5.41, 5.74) is 15.9. The molecule has 0 aliphatic carbocycles. The quantitative estimate of drug-likeness (QED) is 0.0359. The van der Waals surface area contributed by atoms with Crippen LogP contribution < -0.4 is 27.8 Å². The Morgan fingerprint density at radius 1 is 0.966 bits per heavy atom. The minimum absolute atomic E-state index is 0.0193. The zero-order valence-corrected chi connectivity index (χ0v) is 37.7. The number of hydrogen-bond acceptors (Lipinski definition) is 8. The molecular formula is C44H60ClN9O3S2. The van der Waals surface area contributed by atoms with Crippen LogP contribution in [0, 0.1) is 0 Å². The van der Waals surface area contributed by atoms with Crippen LogP contribution in [0.3, 0.4) is 0 Å². The molecule has 2 aromatic heterocycles. The highest BCUT2D eigenvalue weighted by atomic mass is 35.5. The number of thioether (sulfide) groups is 1. The fourth-order valence-electron chi connectivity index (χ4n) is 6.75. The first-order valence-corrected chi connectivity index (χ1v) is 23.0. The number of piperidine rings is 1. The zero-order valence-electron chi connectivity index (χ0n) is 35.3. The number of nitrogens with two attached hydrogens (primary N) is 2. The Kier molecular flexibility index (Phi) is 15.5. The van der Waals surface area contributed by atoms with Gasteiger partial charge in [0, 0.05) is 53.3 Å². The van der Waals surface area contributed by atoms with Gasteiger partial charge in [0.2, 0.25) is 10.0 Å². The molecule has 3 heterocycles. The summed E-state index contributed by atoms with van der Waals surface area (Å²) < 4.78 is 30.7. The number of aliphatic imine (C=N–C) groups is 1. The zero-order chi connectivity index (χ0) is 43.0. The van der Waals surface area contributed by atoms with Gasteiger partial charge in [0.1, 0.15) is 5.65 Å². The SMILES string of the molecule is CC(C)(C)c1cc2cn(-c3ccc(CNCCCN=C(N)N)cc3)c(=O)nc2[nH]1.CSc1cc(CN(C2CCNCC2)S(=O)(=O)c2ccc(C(C)(C)C)cc2)ccc1Cl. The van der Waals surface area contributed by atoms with Gasteiger partial charge in [-0.3, -0.25) is 9.56 Å². The number of rotatable bonds is 13. The number of guanidine groups is 1. The second-order valence-corrected chi connectivity index (χ2v) is 20.1. The van der Waals surface area contributed by atoms with Crippen LogP contribution >= 0.6 is 23.4 Å². The first-order chi connectivity index (χ1) is 27.9. The van der Waals surface area contributed by atoms with Gasteiger partial charge in [0.05, 0.1) is 15.6 Å². The molecule has 0 radical (unpaired) electrons. The van der Waals surface area contributed by atoms with Gasteiger partial charge in [-0.05, 0) is 110 Å². The van der Waals surface area contributed by atoms with Crippen molar-refractivity contribution in [1.29, 1.82) is 0 Å². The predicted octanol–water partition coefficient (Wildman–Crippen LogP) is 7.07. The van der Waals surface area contributed by atoms with Crippen molar-refractivity contribution in [2.45, 2.75) is 101 Å². The molecule has 318 valence electrons. The molecule has 15 heteroatoms. The molecule has 59 heavy (non-hydrogen) atoms. The van der Waals surface area contributed by atoms with Crippen molar-refractivity contribution in [1.82, 2.24) is 29.5 Å². The van der Waals surface area contributed by atoms with Crippen molar-refractivity contribution >= 4 is 50.4 Å². The minimum atomic E-state index is -3.63. The van der Waals surface area contributed by atoms with Crippen LogP contribution in [0.4, 0.5) is 0 Å². The number of sulfonamides is 1. The number of aromatic amines is 1. The van der Waals surface area contributed by atoms with E-state index in [4.69, 9.17) is 23.1 Å². The molecule has 0 spiro atoms. The fourth-order valence-corrected chi connectivity index (χ4v) is 9.31. The number of benzene rings is 3. The van der Waals surface area contributed by atoms with Crippen LogP contribution in [-0.4, -0.2) is 71.7 Å². The monoisotopic (exact) mass is 861 g/mol. The van der Waals surface area contributed by atoms with Crippen LogP contribution in [-0.2, 0) is 33.9 Å². The van der Waals surface area contributed by atoms with Crippen LogP contribution in [0.25, 0.3) is 16.7 Å². The third-order valence-electron chi connectivity index (χ3n) is 10.3. The maximum absolute atomic E-state index is 13.7. The Bertz CT molecular complexity index is 2350. The molecule has 6 rings (SSSR count). The van der Waals surface area contributed by atoms with Crippen molar-refractivity contribution in [3.63, 3.8) is 0 Å². The highest BCUT2D eigenvalue weighted by Gasteiger charge is 2.33. The molecule has 0 bridgehead atoms. The van der Waals surface area contributed by atoms with Crippen molar-refractivity contribution in [3.8, 4) is 5.69 Å². The van der Waals surface area contributed by atoms with Crippen molar-refractivity contribution in [2.75, 3.05) is 32.4 Å². The first-order valence-electron chi connectivity index (χ1n) is 20.0. The number of nitrogens with zero attached hydrogens (tertiary/aromatic N) is 4. The van der Waals surface area contributed by atoms with Gasteiger partial charge in [-0.25, -0.2) is 13.2 Å². The van der Waals surface area contributed by atoms with E-state index in [1.54, 1.807) is 32.8 Å². The van der Waals surface area contributed by atoms with E-state index in [9.17, 15) is 13.2 Å². The third-order valence-corrected chi connectivity index (χ3v) is 13.4.